The minimum absolute atomic E-state index is 0.0474. The number of nitrogens with one attached hydrogen (secondary N) is 1. The highest BCUT2D eigenvalue weighted by atomic mass is 127. The van der Waals surface area contributed by atoms with Gasteiger partial charge in [-0.3, -0.25) is 14.5 Å². The molecule has 6 fully saturated rings. The molecule has 5 aliphatic heterocycles. The van der Waals surface area contributed by atoms with Gasteiger partial charge in [-0.25, -0.2) is 9.97 Å². The first-order valence-corrected chi connectivity index (χ1v) is 31.4. The van der Waals surface area contributed by atoms with E-state index in [9.17, 15) is 14.7 Å². The molecule has 5 saturated heterocycles. The summed E-state index contributed by atoms with van der Waals surface area (Å²) in [4.78, 5) is 52.9. The number of rotatable bonds is 17. The first-order valence-electron chi connectivity index (χ1n) is 29.3. The van der Waals surface area contributed by atoms with Crippen LogP contribution in [0.4, 0.5) is 23.0 Å². The number of pyridine rings is 1. The average Bonchev–Trinajstić information content (AvgIpc) is 4.28. The summed E-state index contributed by atoms with van der Waals surface area (Å²) < 4.78 is 12.7. The number of alkyl halides is 1. The fourth-order valence-electron chi connectivity index (χ4n) is 13.6. The second-order valence-electron chi connectivity index (χ2n) is 23.9. The van der Waals surface area contributed by atoms with Crippen molar-refractivity contribution in [2.75, 3.05) is 92.4 Å². The highest BCUT2D eigenvalue weighted by molar-refractivity contribution is 14.1. The first kappa shape index (κ1) is 55.4. The van der Waals surface area contributed by atoms with Gasteiger partial charge >= 0.3 is 0 Å². The summed E-state index contributed by atoms with van der Waals surface area (Å²) in [5.74, 6) is 3.18. The summed E-state index contributed by atoms with van der Waals surface area (Å²) in [6.07, 6.45) is 9.46. The molecular weight excluding hydrogens is 1150 g/mol. The highest BCUT2D eigenvalue weighted by Crippen LogP contribution is 2.41. The molecule has 6 atom stereocenters. The standard InChI is InChI=1S/C61H76IN13O5S/c1-37(2)57(61(78)74-33-44(62)27-52(74)60(77)66-38(3)42-9-11-43(12-10-42)58-39(4)65-36-81-58)54-30-55(69-80-54)72-23-21-71(22-24-72)31-40-16-19-70(20-17-40)32-41-25-48(26-41)79-56-28-45(15-18-64-56)75-46-13-14-47(75)35-73(34-46)51-29-50(67-68-59(51)63)49-7-5-6-8-53(49)76/h5-12,15,18,28-30,36-38,40-41,44,46-48,52,57,76H,13-14,16-17,19-27,31-35H2,1-4H3,(H2,63,68)(H,66,77)/t38-,41?,44+,46?,47?,48?,52-,57-/m0/s1. The highest BCUT2D eigenvalue weighted by Gasteiger charge is 2.45. The van der Waals surface area contributed by atoms with Crippen molar-refractivity contribution < 1.29 is 24.0 Å². The number of benzene rings is 2. The Hall–Kier alpha value is -6.10. The Kier molecular flexibility index (Phi) is 16.4. The zero-order valence-electron chi connectivity index (χ0n) is 46.9. The van der Waals surface area contributed by atoms with E-state index in [1.807, 2.05) is 63.7 Å². The number of carbonyl (C=O) groups excluding carboxylic acids is 2. The Labute approximate surface area is 492 Å². The van der Waals surface area contributed by atoms with Crippen LogP contribution in [0.1, 0.15) is 94.7 Å². The van der Waals surface area contributed by atoms with E-state index in [4.69, 9.17) is 15.0 Å². The molecule has 428 valence electrons. The molecule has 81 heavy (non-hydrogen) atoms. The molecule has 0 spiro atoms. The minimum Gasteiger partial charge on any atom is -0.507 e. The van der Waals surface area contributed by atoms with Crippen molar-refractivity contribution in [2.24, 2.45) is 17.8 Å². The Balaban J connectivity index is 0.564. The molecule has 0 radical (unpaired) electrons. The minimum atomic E-state index is -0.556. The van der Waals surface area contributed by atoms with Crippen LogP contribution in [0.5, 0.6) is 11.6 Å². The topological polar surface area (TPSA) is 199 Å². The van der Waals surface area contributed by atoms with Crippen molar-refractivity contribution in [3.63, 3.8) is 0 Å². The lowest BCUT2D eigenvalue weighted by molar-refractivity contribution is -0.141. The van der Waals surface area contributed by atoms with E-state index < -0.39 is 12.0 Å². The maximum Gasteiger partial charge on any atom is 0.243 e. The third-order valence-electron chi connectivity index (χ3n) is 18.1. The van der Waals surface area contributed by atoms with Crippen LogP contribution in [0.15, 0.2) is 89.0 Å². The Bertz CT molecular complexity index is 3140. The molecule has 4 N–H and O–H groups in total. The molecule has 20 heteroatoms. The number of piperidine rings is 1. The van der Waals surface area contributed by atoms with Crippen LogP contribution in [-0.4, -0.2) is 157 Å². The predicted molar refractivity (Wildman–Crippen MR) is 325 cm³/mol. The quantitative estimate of drug-likeness (QED) is 0.0578. The molecular formula is C61H76IN13O5S. The third kappa shape index (κ3) is 12.1. The number of nitrogen functional groups attached to an aromatic ring is 1. The van der Waals surface area contributed by atoms with Gasteiger partial charge in [0.1, 0.15) is 23.8 Å². The fraction of sp³-hybridized carbons (Fsp3) is 0.525. The number of nitrogens with zero attached hydrogens (tertiary/aromatic N) is 11. The first-order chi connectivity index (χ1) is 39.3. The van der Waals surface area contributed by atoms with Crippen molar-refractivity contribution in [3.05, 3.63) is 102 Å². The van der Waals surface area contributed by atoms with E-state index in [0.29, 0.717) is 65.6 Å². The van der Waals surface area contributed by atoms with Crippen LogP contribution in [0.25, 0.3) is 21.7 Å². The number of thiazole rings is 1. The maximum atomic E-state index is 14.5. The summed E-state index contributed by atoms with van der Waals surface area (Å²) in [6.45, 7) is 18.5. The summed E-state index contributed by atoms with van der Waals surface area (Å²) in [6, 6.07) is 23.5. The van der Waals surface area contributed by atoms with Gasteiger partial charge in [-0.15, -0.1) is 21.5 Å². The van der Waals surface area contributed by atoms with Crippen LogP contribution in [-0.2, 0) is 9.59 Å². The number of ether oxygens (including phenoxy) is 1. The maximum absolute atomic E-state index is 14.5. The number of phenolic OH excluding ortho intramolecular Hbond substituents is 1. The number of para-hydroxylation sites is 1. The van der Waals surface area contributed by atoms with Gasteiger partial charge in [-0.2, -0.15) is 0 Å². The molecule has 6 aromatic rings. The number of fused-ring (bicyclic) bond motifs is 2. The number of aryl methyl sites for hydroxylation is 1. The normalized spacial score (nSPS) is 24.4. The average molecular weight is 1230 g/mol. The number of hydrogen-bond donors (Lipinski definition) is 3. The van der Waals surface area contributed by atoms with Gasteiger partial charge in [0.25, 0.3) is 0 Å². The summed E-state index contributed by atoms with van der Waals surface area (Å²) >= 11 is 4.00. The second-order valence-corrected chi connectivity index (χ2v) is 26.6. The number of carbonyl (C=O) groups is 2. The van der Waals surface area contributed by atoms with E-state index in [0.717, 1.165) is 130 Å². The molecule has 18 nitrogen and oxygen atoms in total. The van der Waals surface area contributed by atoms with Crippen LogP contribution >= 0.6 is 33.9 Å². The van der Waals surface area contributed by atoms with Gasteiger partial charge in [0.2, 0.25) is 17.7 Å². The zero-order chi connectivity index (χ0) is 55.9. The smallest absolute Gasteiger partial charge is 0.243 e. The van der Waals surface area contributed by atoms with Crippen molar-refractivity contribution in [2.45, 2.75) is 113 Å². The molecule has 12 rings (SSSR count). The van der Waals surface area contributed by atoms with Gasteiger partial charge in [-0.1, -0.05) is 78.0 Å². The number of halogens is 1. The lowest BCUT2D eigenvalue weighted by Gasteiger charge is -2.43. The van der Waals surface area contributed by atoms with E-state index >= 15 is 0 Å². The number of amides is 2. The lowest BCUT2D eigenvalue weighted by atomic mass is 9.81. The predicted octanol–water partition coefficient (Wildman–Crippen LogP) is 8.82. The van der Waals surface area contributed by atoms with E-state index in [2.05, 4.69) is 114 Å². The molecule has 2 bridgehead atoms. The fourth-order valence-corrected chi connectivity index (χ4v) is 15.3. The van der Waals surface area contributed by atoms with Crippen molar-refractivity contribution >= 4 is 68.8 Å². The van der Waals surface area contributed by atoms with Gasteiger partial charge in [0.05, 0.1) is 33.5 Å². The van der Waals surface area contributed by atoms with E-state index in [1.54, 1.807) is 28.4 Å². The van der Waals surface area contributed by atoms with Crippen LogP contribution in [0.3, 0.4) is 0 Å². The van der Waals surface area contributed by atoms with Gasteiger partial charge in [-0.05, 0) is 125 Å². The molecule has 2 aromatic carbocycles. The Morgan fingerprint density at radius 2 is 1.57 bits per heavy atom. The number of phenols is 1. The third-order valence-corrected chi connectivity index (χ3v) is 20.0. The van der Waals surface area contributed by atoms with Gasteiger partial charge in [0, 0.05) is 104 Å². The van der Waals surface area contributed by atoms with Gasteiger partial charge < -0.3 is 49.9 Å². The van der Waals surface area contributed by atoms with Crippen molar-refractivity contribution in [1.29, 1.82) is 0 Å². The molecule has 2 amide bonds. The molecule has 1 saturated carbocycles. The summed E-state index contributed by atoms with van der Waals surface area (Å²) in [5, 5.41) is 26.8. The molecule has 4 aromatic heterocycles. The van der Waals surface area contributed by atoms with Crippen LogP contribution in [0.2, 0.25) is 0 Å². The molecule has 9 heterocycles. The molecule has 2 unspecified atom stereocenters. The van der Waals surface area contributed by atoms with E-state index in [-0.39, 0.29) is 39.6 Å². The SMILES string of the molecule is Cc1ncsc1-c1ccc([C@H](C)NC(=O)[C@@H]2C[C@@H](I)CN2C(=O)[C@H](c2cc(N3CCN(CC4CCN(CC5CC(Oc6cc(N7C8CCC7CN(c7cc(-c9ccccc9O)nnc7N)C8)ccn6)C5)CC4)CC3)no2)C(C)C)cc1. The second kappa shape index (κ2) is 24.0. The number of piperazine rings is 2. The van der Waals surface area contributed by atoms with E-state index in [1.165, 1.54) is 12.8 Å². The largest absolute Gasteiger partial charge is 0.507 e. The zero-order valence-corrected chi connectivity index (χ0v) is 49.9. The number of likely N-dealkylation sites (tertiary alicyclic amines) is 2. The molecule has 6 aliphatic rings. The van der Waals surface area contributed by atoms with Crippen LogP contribution in [0, 0.1) is 24.7 Å². The number of nitrogens with two attached hydrogens (primary N) is 1. The number of aromatic hydroxyl groups is 1. The molecule has 1 aliphatic carbocycles. The number of aromatic nitrogens is 5. The van der Waals surface area contributed by atoms with Gasteiger partial charge in [0.15, 0.2) is 17.4 Å². The van der Waals surface area contributed by atoms with Crippen molar-refractivity contribution in [1.82, 2.24) is 45.3 Å². The monoisotopic (exact) mass is 1230 g/mol. The lowest BCUT2D eigenvalue weighted by Crippen LogP contribution is -2.54. The Morgan fingerprint density at radius 1 is 0.840 bits per heavy atom. The summed E-state index contributed by atoms with van der Waals surface area (Å²) in [5.41, 5.74) is 14.7. The summed E-state index contributed by atoms with van der Waals surface area (Å²) in [7, 11) is 0. The van der Waals surface area contributed by atoms with Crippen molar-refractivity contribution in [3.8, 4) is 33.3 Å². The number of hydrogen-bond acceptors (Lipinski definition) is 17. The van der Waals surface area contributed by atoms with Crippen LogP contribution < -0.4 is 30.5 Å². The number of anilines is 4. The Morgan fingerprint density at radius 3 is 2.28 bits per heavy atom.